The molecule has 218 valence electrons. The Kier molecular flexibility index (Phi) is 11.0. The van der Waals surface area contributed by atoms with Crippen molar-refractivity contribution in [3.8, 4) is 5.75 Å². The fraction of sp³-hybridized carbons (Fsp3) is 0.448. The number of nitrogens with zero attached hydrogens (tertiary/aromatic N) is 1. The molecule has 5 N–H and O–H groups in total. The minimum atomic E-state index is -1.41. The first kappa shape index (κ1) is 32.4. The lowest BCUT2D eigenvalue weighted by Crippen LogP contribution is -2.55. The highest BCUT2D eigenvalue weighted by Crippen LogP contribution is 2.32. The number of amides is 4. The van der Waals surface area contributed by atoms with Crippen molar-refractivity contribution >= 4 is 41.1 Å². The first-order valence-corrected chi connectivity index (χ1v) is 13.4. The summed E-state index contributed by atoms with van der Waals surface area (Å²) in [5, 5.41) is 15.8. The van der Waals surface area contributed by atoms with Gasteiger partial charge in [-0.1, -0.05) is 36.7 Å². The lowest BCUT2D eigenvalue weighted by atomic mass is 9.97. The van der Waals surface area contributed by atoms with Crippen molar-refractivity contribution in [3.05, 3.63) is 58.1 Å². The van der Waals surface area contributed by atoms with Crippen LogP contribution in [0.3, 0.4) is 0 Å². The number of hydrogen-bond donors (Lipinski definition) is 4. The van der Waals surface area contributed by atoms with Crippen molar-refractivity contribution in [2.75, 3.05) is 5.32 Å². The molecular weight excluding hydrogens is 536 g/mol. The molecule has 3 atom stereocenters. The molecule has 0 spiro atoms. The quantitative estimate of drug-likeness (QED) is 0.322. The van der Waals surface area contributed by atoms with Gasteiger partial charge in [-0.3, -0.25) is 14.4 Å². The smallest absolute Gasteiger partial charge is 0.408 e. The zero-order valence-corrected chi connectivity index (χ0v) is 24.8. The van der Waals surface area contributed by atoms with E-state index in [9.17, 15) is 24.3 Å². The van der Waals surface area contributed by atoms with Crippen LogP contribution in [-0.4, -0.2) is 51.5 Å². The summed E-state index contributed by atoms with van der Waals surface area (Å²) in [6, 6.07) is 6.59. The Morgan fingerprint density at radius 3 is 2.27 bits per heavy atom. The van der Waals surface area contributed by atoms with Gasteiger partial charge < -0.3 is 31.1 Å². The summed E-state index contributed by atoms with van der Waals surface area (Å²) in [4.78, 5) is 54.0. The van der Waals surface area contributed by atoms with Crippen molar-refractivity contribution < 1.29 is 29.0 Å². The number of rotatable bonds is 10. The molecule has 4 amide bonds. The first-order valence-electron chi connectivity index (χ1n) is 13.0. The number of alkyl carbamates (subject to hydrolysis) is 1. The van der Waals surface area contributed by atoms with Gasteiger partial charge in [0.05, 0.1) is 17.1 Å². The Morgan fingerprint density at radius 2 is 1.75 bits per heavy atom. The molecular formula is C29H39ClN4O6. The number of nitrogens with one attached hydrogen (secondary N) is 2. The molecule has 0 bridgehead atoms. The number of ether oxygens (including phenoxy) is 1. The molecule has 0 aliphatic heterocycles. The second-order valence-electron chi connectivity index (χ2n) is 10.7. The third-order valence-electron chi connectivity index (χ3n) is 6.25. The number of nitrogens with two attached hydrogens (primary N) is 1. The second kappa shape index (κ2) is 13.5. The largest absolute Gasteiger partial charge is 0.508 e. The molecule has 3 unspecified atom stereocenters. The zero-order valence-electron chi connectivity index (χ0n) is 24.0. The number of primary amides is 1. The van der Waals surface area contributed by atoms with Gasteiger partial charge in [0.15, 0.2) is 0 Å². The number of benzene rings is 2. The van der Waals surface area contributed by atoms with E-state index in [1.165, 1.54) is 11.0 Å². The Morgan fingerprint density at radius 1 is 1.10 bits per heavy atom. The molecule has 0 aliphatic rings. The van der Waals surface area contributed by atoms with Crippen LogP contribution < -0.4 is 16.4 Å². The van der Waals surface area contributed by atoms with Crippen LogP contribution in [0.5, 0.6) is 5.75 Å². The van der Waals surface area contributed by atoms with Gasteiger partial charge in [0.1, 0.15) is 23.4 Å². The summed E-state index contributed by atoms with van der Waals surface area (Å²) in [5.74, 6) is -2.10. The van der Waals surface area contributed by atoms with E-state index in [4.69, 9.17) is 22.1 Å². The average Bonchev–Trinajstić information content (AvgIpc) is 2.83. The van der Waals surface area contributed by atoms with Gasteiger partial charge in [-0.25, -0.2) is 4.79 Å². The van der Waals surface area contributed by atoms with E-state index in [-0.39, 0.29) is 5.75 Å². The molecule has 0 fully saturated rings. The van der Waals surface area contributed by atoms with Gasteiger partial charge in [0.2, 0.25) is 11.8 Å². The molecule has 2 aromatic rings. The van der Waals surface area contributed by atoms with Gasteiger partial charge in [-0.2, -0.15) is 0 Å². The van der Waals surface area contributed by atoms with Crippen LogP contribution in [0.25, 0.3) is 0 Å². The second-order valence-corrected chi connectivity index (χ2v) is 11.1. The molecule has 11 heteroatoms. The molecule has 0 heterocycles. The molecule has 0 aromatic heterocycles. The number of hydrogen-bond acceptors (Lipinski definition) is 6. The average molecular weight is 575 g/mol. The van der Waals surface area contributed by atoms with Crippen LogP contribution >= 0.6 is 11.6 Å². The SMILES string of the molecule is CCC(C)N(C(=O)C(CC(N)=O)NC(=O)OC(C)(C)C)C(C(=O)Nc1c(C)cccc1Cl)c1ccc(O)c(C)c1. The van der Waals surface area contributed by atoms with Crippen molar-refractivity contribution in [2.24, 2.45) is 5.73 Å². The number of anilines is 1. The van der Waals surface area contributed by atoms with E-state index in [1.54, 1.807) is 71.9 Å². The van der Waals surface area contributed by atoms with Crippen molar-refractivity contribution in [1.29, 1.82) is 0 Å². The highest BCUT2D eigenvalue weighted by Gasteiger charge is 2.39. The van der Waals surface area contributed by atoms with Gasteiger partial charge in [-0.05, 0) is 82.9 Å². The van der Waals surface area contributed by atoms with Crippen LogP contribution in [0, 0.1) is 13.8 Å². The van der Waals surface area contributed by atoms with Crippen LogP contribution in [0.15, 0.2) is 36.4 Å². The molecule has 0 saturated carbocycles. The number of aromatic hydroxyl groups is 1. The van der Waals surface area contributed by atoms with Gasteiger partial charge in [0.25, 0.3) is 5.91 Å². The molecule has 0 aliphatic carbocycles. The Hall–Kier alpha value is -3.79. The lowest BCUT2D eigenvalue weighted by Gasteiger charge is -2.38. The molecule has 0 radical (unpaired) electrons. The maximum absolute atomic E-state index is 14.1. The van der Waals surface area contributed by atoms with E-state index in [0.29, 0.717) is 33.8 Å². The van der Waals surface area contributed by atoms with Crippen LogP contribution in [-0.2, 0) is 19.1 Å². The number of halogens is 1. The highest BCUT2D eigenvalue weighted by molar-refractivity contribution is 6.34. The van der Waals surface area contributed by atoms with Gasteiger partial charge >= 0.3 is 6.09 Å². The fourth-order valence-corrected chi connectivity index (χ4v) is 4.36. The molecule has 2 aromatic carbocycles. The number of aryl methyl sites for hydroxylation is 2. The minimum Gasteiger partial charge on any atom is -0.508 e. The molecule has 0 saturated heterocycles. The van der Waals surface area contributed by atoms with Crippen LogP contribution in [0.1, 0.15) is 70.2 Å². The first-order chi connectivity index (χ1) is 18.5. The van der Waals surface area contributed by atoms with E-state index in [1.807, 2.05) is 6.92 Å². The number of carbonyl (C=O) groups excluding carboxylic acids is 4. The standard InChI is InChI=1S/C29H39ClN4O6/c1-8-18(4)34(27(38)21(15-23(31)36)32-28(39)40-29(5,6)7)25(19-12-13-22(35)17(3)14-19)26(37)33-24-16(2)10-9-11-20(24)30/h9-14,18,21,25,35H,8,15H2,1-7H3,(H2,31,36)(H,32,39)(H,33,37). The summed E-state index contributed by atoms with van der Waals surface area (Å²) in [6.07, 6.45) is -0.991. The van der Waals surface area contributed by atoms with Gasteiger partial charge in [0, 0.05) is 6.04 Å². The molecule has 2 rings (SSSR count). The Balaban J connectivity index is 2.66. The lowest BCUT2D eigenvalue weighted by molar-refractivity contribution is -0.144. The maximum atomic E-state index is 14.1. The van der Waals surface area contributed by atoms with E-state index >= 15 is 0 Å². The third-order valence-corrected chi connectivity index (χ3v) is 6.56. The summed E-state index contributed by atoms with van der Waals surface area (Å²) in [7, 11) is 0. The zero-order chi connectivity index (χ0) is 30.4. The van der Waals surface area contributed by atoms with Crippen molar-refractivity contribution in [3.63, 3.8) is 0 Å². The topological polar surface area (TPSA) is 151 Å². The Labute approximate surface area is 240 Å². The number of phenolic OH excluding ortho intramolecular Hbond substituents is 1. The number of carbonyl (C=O) groups is 4. The summed E-state index contributed by atoms with van der Waals surface area (Å²) in [6.45, 7) is 12.0. The summed E-state index contributed by atoms with van der Waals surface area (Å²) in [5.41, 5.74) is 6.56. The predicted molar refractivity (Wildman–Crippen MR) is 154 cm³/mol. The predicted octanol–water partition coefficient (Wildman–Crippen LogP) is 4.74. The summed E-state index contributed by atoms with van der Waals surface area (Å²) >= 11 is 6.38. The van der Waals surface area contributed by atoms with Crippen molar-refractivity contribution in [1.82, 2.24) is 10.2 Å². The highest BCUT2D eigenvalue weighted by atomic mass is 35.5. The van der Waals surface area contributed by atoms with E-state index < -0.39 is 54.0 Å². The van der Waals surface area contributed by atoms with E-state index in [0.717, 1.165) is 0 Å². The van der Waals surface area contributed by atoms with Crippen LogP contribution in [0.4, 0.5) is 10.5 Å². The number of phenols is 1. The Bertz CT molecular complexity index is 1240. The van der Waals surface area contributed by atoms with Gasteiger partial charge in [-0.15, -0.1) is 0 Å². The monoisotopic (exact) mass is 574 g/mol. The third kappa shape index (κ3) is 8.61. The molecule has 40 heavy (non-hydrogen) atoms. The fourth-order valence-electron chi connectivity index (χ4n) is 4.10. The normalized spacial score (nSPS) is 13.5. The molecule has 10 nitrogen and oxygen atoms in total. The van der Waals surface area contributed by atoms with Crippen molar-refractivity contribution in [2.45, 2.75) is 85.0 Å². The van der Waals surface area contributed by atoms with E-state index in [2.05, 4.69) is 10.6 Å². The van der Waals surface area contributed by atoms with Crippen LogP contribution in [0.2, 0.25) is 5.02 Å². The number of para-hydroxylation sites is 1. The maximum Gasteiger partial charge on any atom is 0.408 e. The minimum absolute atomic E-state index is 0.0180. The summed E-state index contributed by atoms with van der Waals surface area (Å²) < 4.78 is 5.30.